The van der Waals surface area contributed by atoms with E-state index in [-0.39, 0.29) is 5.75 Å². The van der Waals surface area contributed by atoms with Gasteiger partial charge in [-0.1, -0.05) is 18.7 Å². The summed E-state index contributed by atoms with van der Waals surface area (Å²) < 4.78 is 20.3. The third-order valence-electron chi connectivity index (χ3n) is 2.87. The Kier molecular flexibility index (Phi) is 4.85. The second-order valence-electron chi connectivity index (χ2n) is 4.22. The molecule has 0 radical (unpaired) electrons. The predicted molar refractivity (Wildman–Crippen MR) is 77.8 cm³/mol. The normalized spacial score (nSPS) is 10.6. The van der Waals surface area contributed by atoms with E-state index in [1.807, 2.05) is 6.92 Å². The Morgan fingerprint density at radius 1 is 1.52 bits per heavy atom. The predicted octanol–water partition coefficient (Wildman–Crippen LogP) is 2.76. The summed E-state index contributed by atoms with van der Waals surface area (Å²) in [7, 11) is 1.46. The highest BCUT2D eigenvalue weighted by molar-refractivity contribution is 7.99. The minimum atomic E-state index is -0.918. The smallest absolute Gasteiger partial charge is 0.313 e. The van der Waals surface area contributed by atoms with Crippen LogP contribution in [0.3, 0.4) is 0 Å². The SMILES string of the molecule is CCc1cnc(SCC(=O)O)n1-c1ccc(F)cc1OC. The number of thioether (sulfide) groups is 1. The van der Waals surface area contributed by atoms with Crippen LogP contribution in [0, 0.1) is 5.82 Å². The summed E-state index contributed by atoms with van der Waals surface area (Å²) in [5, 5.41) is 9.35. The number of aliphatic carboxylic acids is 1. The van der Waals surface area contributed by atoms with Crippen LogP contribution in [0.4, 0.5) is 4.39 Å². The van der Waals surface area contributed by atoms with E-state index in [1.165, 1.54) is 19.2 Å². The van der Waals surface area contributed by atoms with E-state index < -0.39 is 11.8 Å². The molecule has 0 unspecified atom stereocenters. The van der Waals surface area contributed by atoms with Crippen molar-refractivity contribution in [1.29, 1.82) is 0 Å². The summed E-state index contributed by atoms with van der Waals surface area (Å²) in [5.41, 5.74) is 1.54. The number of hydrogen-bond donors (Lipinski definition) is 1. The lowest BCUT2D eigenvalue weighted by Crippen LogP contribution is -2.06. The van der Waals surface area contributed by atoms with Crippen molar-refractivity contribution in [1.82, 2.24) is 9.55 Å². The van der Waals surface area contributed by atoms with Gasteiger partial charge in [-0.05, 0) is 18.6 Å². The number of hydrogen-bond acceptors (Lipinski definition) is 4. The summed E-state index contributed by atoms with van der Waals surface area (Å²) in [6.45, 7) is 1.97. The van der Waals surface area contributed by atoms with E-state index in [9.17, 15) is 9.18 Å². The fraction of sp³-hybridized carbons (Fsp3) is 0.286. The molecular weight excluding hydrogens is 295 g/mol. The van der Waals surface area contributed by atoms with Crippen molar-refractivity contribution in [3.8, 4) is 11.4 Å². The molecule has 0 spiro atoms. The summed E-state index contributed by atoms with van der Waals surface area (Å²) in [5.74, 6) is -1.03. The second kappa shape index (κ2) is 6.62. The first-order chi connectivity index (χ1) is 10.1. The van der Waals surface area contributed by atoms with Crippen LogP contribution in [0.2, 0.25) is 0 Å². The number of carbonyl (C=O) groups is 1. The highest BCUT2D eigenvalue weighted by Crippen LogP contribution is 2.30. The summed E-state index contributed by atoms with van der Waals surface area (Å²) in [6, 6.07) is 4.23. The maximum absolute atomic E-state index is 13.3. The molecule has 0 aliphatic heterocycles. The Balaban J connectivity index is 2.50. The van der Waals surface area contributed by atoms with Gasteiger partial charge in [0, 0.05) is 18.0 Å². The van der Waals surface area contributed by atoms with Crippen molar-refractivity contribution in [2.24, 2.45) is 0 Å². The van der Waals surface area contributed by atoms with Crippen molar-refractivity contribution in [3.05, 3.63) is 35.9 Å². The van der Waals surface area contributed by atoms with Gasteiger partial charge in [0.25, 0.3) is 0 Å². The molecule has 0 atom stereocenters. The number of benzene rings is 1. The van der Waals surface area contributed by atoms with Gasteiger partial charge in [0.2, 0.25) is 0 Å². The lowest BCUT2D eigenvalue weighted by atomic mass is 10.2. The van der Waals surface area contributed by atoms with Gasteiger partial charge < -0.3 is 9.84 Å². The second-order valence-corrected chi connectivity index (χ2v) is 5.16. The van der Waals surface area contributed by atoms with Crippen LogP contribution in [-0.4, -0.2) is 33.5 Å². The molecule has 0 aliphatic rings. The molecule has 1 aromatic heterocycles. The van der Waals surface area contributed by atoms with E-state index >= 15 is 0 Å². The van der Waals surface area contributed by atoms with E-state index in [0.29, 0.717) is 23.0 Å². The number of carboxylic acid groups (broad SMARTS) is 1. The Hall–Kier alpha value is -2.02. The molecule has 112 valence electrons. The zero-order chi connectivity index (χ0) is 15.4. The van der Waals surface area contributed by atoms with Gasteiger partial charge in [0.1, 0.15) is 11.6 Å². The number of aryl methyl sites for hydroxylation is 1. The molecule has 2 rings (SSSR count). The quantitative estimate of drug-likeness (QED) is 0.831. The molecule has 2 aromatic rings. The number of aromatic nitrogens is 2. The minimum absolute atomic E-state index is 0.0936. The summed E-state index contributed by atoms with van der Waals surface area (Å²) >= 11 is 1.11. The average molecular weight is 310 g/mol. The molecule has 5 nitrogen and oxygen atoms in total. The molecule has 21 heavy (non-hydrogen) atoms. The van der Waals surface area contributed by atoms with Gasteiger partial charge in [-0.15, -0.1) is 0 Å². The molecule has 0 bridgehead atoms. The van der Waals surface area contributed by atoms with Crippen LogP contribution in [-0.2, 0) is 11.2 Å². The van der Waals surface area contributed by atoms with Gasteiger partial charge in [0.05, 0.1) is 18.6 Å². The number of halogens is 1. The van der Waals surface area contributed by atoms with Gasteiger partial charge in [-0.2, -0.15) is 0 Å². The Morgan fingerprint density at radius 3 is 2.90 bits per heavy atom. The summed E-state index contributed by atoms with van der Waals surface area (Å²) in [6.07, 6.45) is 2.40. The third kappa shape index (κ3) is 3.36. The van der Waals surface area contributed by atoms with Crippen LogP contribution in [0.15, 0.2) is 29.6 Å². The standard InChI is InChI=1S/C14H15FN2O3S/c1-3-10-7-16-14(21-8-13(18)19)17(10)11-5-4-9(15)6-12(11)20-2/h4-7H,3,8H2,1-2H3,(H,18,19). The Morgan fingerprint density at radius 2 is 2.29 bits per heavy atom. The van der Waals surface area contributed by atoms with Crippen LogP contribution < -0.4 is 4.74 Å². The van der Waals surface area contributed by atoms with Crippen LogP contribution in [0.5, 0.6) is 5.75 Å². The minimum Gasteiger partial charge on any atom is -0.494 e. The first kappa shape index (κ1) is 15.4. The number of carboxylic acids is 1. The van der Waals surface area contributed by atoms with E-state index in [2.05, 4.69) is 4.98 Å². The fourth-order valence-corrected chi connectivity index (χ4v) is 2.66. The number of nitrogens with zero attached hydrogens (tertiary/aromatic N) is 2. The molecular formula is C14H15FN2O3S. The first-order valence-electron chi connectivity index (χ1n) is 6.32. The highest BCUT2D eigenvalue weighted by atomic mass is 32.2. The van der Waals surface area contributed by atoms with Crippen molar-refractivity contribution in [3.63, 3.8) is 0 Å². The number of ether oxygens (including phenoxy) is 1. The monoisotopic (exact) mass is 310 g/mol. The van der Waals surface area contributed by atoms with E-state index in [1.54, 1.807) is 16.8 Å². The summed E-state index contributed by atoms with van der Waals surface area (Å²) in [4.78, 5) is 15.0. The zero-order valence-corrected chi connectivity index (χ0v) is 12.5. The molecule has 1 N–H and O–H groups in total. The maximum Gasteiger partial charge on any atom is 0.313 e. The maximum atomic E-state index is 13.3. The van der Waals surface area contributed by atoms with Crippen molar-refractivity contribution in [2.45, 2.75) is 18.5 Å². The average Bonchev–Trinajstić information content (AvgIpc) is 2.87. The highest BCUT2D eigenvalue weighted by Gasteiger charge is 2.16. The topological polar surface area (TPSA) is 64.3 Å². The zero-order valence-electron chi connectivity index (χ0n) is 11.7. The Bertz CT molecular complexity index is 658. The largest absolute Gasteiger partial charge is 0.494 e. The van der Waals surface area contributed by atoms with Gasteiger partial charge in [-0.25, -0.2) is 9.37 Å². The molecule has 7 heteroatoms. The molecule has 0 aliphatic carbocycles. The van der Waals surface area contributed by atoms with Crippen molar-refractivity contribution in [2.75, 3.05) is 12.9 Å². The molecule has 1 aromatic carbocycles. The molecule has 0 fully saturated rings. The van der Waals surface area contributed by atoms with Crippen LogP contribution >= 0.6 is 11.8 Å². The van der Waals surface area contributed by atoms with E-state index in [0.717, 1.165) is 17.5 Å². The van der Waals surface area contributed by atoms with Gasteiger partial charge in [-0.3, -0.25) is 9.36 Å². The number of methoxy groups -OCH3 is 1. The van der Waals surface area contributed by atoms with E-state index in [4.69, 9.17) is 9.84 Å². The third-order valence-corrected chi connectivity index (χ3v) is 3.81. The molecule has 0 amide bonds. The Labute approximate surface area is 125 Å². The van der Waals surface area contributed by atoms with Gasteiger partial charge >= 0.3 is 5.97 Å². The van der Waals surface area contributed by atoms with Crippen molar-refractivity contribution >= 4 is 17.7 Å². The molecule has 1 heterocycles. The molecule has 0 saturated heterocycles. The fourth-order valence-electron chi connectivity index (χ4n) is 1.94. The lowest BCUT2D eigenvalue weighted by molar-refractivity contribution is -0.133. The van der Waals surface area contributed by atoms with Crippen molar-refractivity contribution < 1.29 is 19.0 Å². The molecule has 0 saturated carbocycles. The lowest BCUT2D eigenvalue weighted by Gasteiger charge is -2.14. The van der Waals surface area contributed by atoms with Crippen LogP contribution in [0.1, 0.15) is 12.6 Å². The van der Waals surface area contributed by atoms with Crippen LogP contribution in [0.25, 0.3) is 5.69 Å². The number of rotatable bonds is 6. The first-order valence-corrected chi connectivity index (χ1v) is 7.30. The number of imidazole rings is 1. The van der Waals surface area contributed by atoms with Gasteiger partial charge in [0.15, 0.2) is 5.16 Å².